The third kappa shape index (κ3) is 39.6. The molecular weight excluding hydrogens is 324 g/mol. The van der Waals surface area contributed by atoms with Gasteiger partial charge in [-0.1, -0.05) is 13.0 Å². The predicted octanol–water partition coefficient (Wildman–Crippen LogP) is 2.70. The summed E-state index contributed by atoms with van der Waals surface area (Å²) in [6.45, 7) is 13.0. The highest BCUT2D eigenvalue weighted by atomic mass is 16.5. The lowest BCUT2D eigenvalue weighted by molar-refractivity contribution is -0.141. The molecule has 0 saturated heterocycles. The maximum absolute atomic E-state index is 10.2. The number of allylic oxidation sites excluding steroid dienone is 1. The van der Waals surface area contributed by atoms with Crippen molar-refractivity contribution in [2.45, 2.75) is 65.9 Å². The second kappa shape index (κ2) is 25.3. The zero-order chi connectivity index (χ0) is 19.9. The lowest BCUT2D eigenvalue weighted by Crippen LogP contribution is -2.07. The standard InChI is InChI=1S/C7H14O3.C7H16O2.C5H10O/c1-6(5-8)3-4-10-7(2)9;1-3-9-6-4-5-7(2)8;1-2-3-4-5-6/h6,8H,3-5H2,1-2H3;7-8H,3-6H2,1-2H3;2,6H,1,3-5H2. The van der Waals surface area contributed by atoms with Crippen molar-refractivity contribution < 1.29 is 29.6 Å². The predicted molar refractivity (Wildman–Crippen MR) is 101 cm³/mol. The van der Waals surface area contributed by atoms with Crippen molar-refractivity contribution in [1.29, 1.82) is 0 Å². The average Bonchev–Trinajstić information content (AvgIpc) is 2.57. The molecule has 0 aromatic carbocycles. The molecule has 0 radical (unpaired) electrons. The van der Waals surface area contributed by atoms with Gasteiger partial charge in [-0.3, -0.25) is 4.79 Å². The monoisotopic (exact) mass is 364 g/mol. The summed E-state index contributed by atoms with van der Waals surface area (Å²) in [4.78, 5) is 10.2. The fraction of sp³-hybridized carbons (Fsp3) is 0.842. The Morgan fingerprint density at radius 2 is 1.80 bits per heavy atom. The largest absolute Gasteiger partial charge is 0.466 e. The molecule has 25 heavy (non-hydrogen) atoms. The molecule has 2 atom stereocenters. The molecule has 152 valence electrons. The van der Waals surface area contributed by atoms with Crippen LogP contribution in [0.15, 0.2) is 12.7 Å². The maximum atomic E-state index is 10.2. The van der Waals surface area contributed by atoms with Crippen molar-refractivity contribution in [3.63, 3.8) is 0 Å². The van der Waals surface area contributed by atoms with Crippen LogP contribution in [0.1, 0.15) is 59.8 Å². The van der Waals surface area contributed by atoms with Gasteiger partial charge in [-0.15, -0.1) is 6.58 Å². The van der Waals surface area contributed by atoms with Crippen LogP contribution in [0.4, 0.5) is 0 Å². The number of carbonyl (C=O) groups is 1. The highest BCUT2D eigenvalue weighted by Gasteiger charge is 2.00. The Morgan fingerprint density at radius 1 is 1.16 bits per heavy atom. The van der Waals surface area contributed by atoms with Gasteiger partial charge in [0, 0.05) is 33.4 Å². The molecular formula is C19H40O6. The second-order valence-corrected chi connectivity index (χ2v) is 5.76. The molecule has 6 nitrogen and oxygen atoms in total. The zero-order valence-corrected chi connectivity index (χ0v) is 16.6. The smallest absolute Gasteiger partial charge is 0.302 e. The van der Waals surface area contributed by atoms with E-state index in [1.807, 2.05) is 13.8 Å². The van der Waals surface area contributed by atoms with Gasteiger partial charge in [0.2, 0.25) is 0 Å². The Morgan fingerprint density at radius 3 is 2.16 bits per heavy atom. The van der Waals surface area contributed by atoms with Crippen molar-refractivity contribution in [3.05, 3.63) is 12.7 Å². The first-order chi connectivity index (χ1) is 11.8. The van der Waals surface area contributed by atoms with Gasteiger partial charge >= 0.3 is 5.97 Å². The summed E-state index contributed by atoms with van der Waals surface area (Å²) >= 11 is 0. The van der Waals surface area contributed by atoms with E-state index in [-0.39, 0.29) is 31.2 Å². The third-order valence-corrected chi connectivity index (χ3v) is 2.91. The van der Waals surface area contributed by atoms with Crippen LogP contribution in [0.5, 0.6) is 0 Å². The van der Waals surface area contributed by atoms with Crippen LogP contribution < -0.4 is 0 Å². The Kier molecular flexibility index (Phi) is 29.2. The normalized spacial score (nSPS) is 12.0. The number of unbranched alkanes of at least 4 members (excludes halogenated alkanes) is 1. The minimum Gasteiger partial charge on any atom is -0.466 e. The molecule has 0 heterocycles. The van der Waals surface area contributed by atoms with E-state index < -0.39 is 0 Å². The van der Waals surface area contributed by atoms with Crippen LogP contribution >= 0.6 is 0 Å². The van der Waals surface area contributed by atoms with E-state index in [2.05, 4.69) is 11.3 Å². The Hall–Kier alpha value is -0.950. The van der Waals surface area contributed by atoms with Crippen LogP contribution in [0.25, 0.3) is 0 Å². The van der Waals surface area contributed by atoms with Gasteiger partial charge in [-0.05, 0) is 51.9 Å². The van der Waals surface area contributed by atoms with Gasteiger partial charge in [0.25, 0.3) is 0 Å². The average molecular weight is 365 g/mol. The van der Waals surface area contributed by atoms with E-state index in [0.29, 0.717) is 6.61 Å². The molecule has 3 N–H and O–H groups in total. The molecule has 6 heteroatoms. The first-order valence-corrected chi connectivity index (χ1v) is 9.07. The lowest BCUT2D eigenvalue weighted by Gasteiger charge is -2.06. The van der Waals surface area contributed by atoms with E-state index >= 15 is 0 Å². The SMILES string of the molecule is C=CCCCO.CC(=O)OCCC(C)CO.CCOCCCC(C)O. The highest BCUT2D eigenvalue weighted by molar-refractivity contribution is 5.65. The number of hydrogen-bond donors (Lipinski definition) is 3. The molecule has 0 aromatic rings. The fourth-order valence-corrected chi connectivity index (χ4v) is 1.36. The third-order valence-electron chi connectivity index (χ3n) is 2.91. The van der Waals surface area contributed by atoms with Gasteiger partial charge in [0.15, 0.2) is 0 Å². The van der Waals surface area contributed by atoms with E-state index in [1.165, 1.54) is 6.92 Å². The van der Waals surface area contributed by atoms with Gasteiger partial charge in [0.1, 0.15) is 0 Å². The zero-order valence-electron chi connectivity index (χ0n) is 16.6. The molecule has 0 amide bonds. The van der Waals surface area contributed by atoms with Crippen LogP contribution in [0.2, 0.25) is 0 Å². The summed E-state index contributed by atoms with van der Waals surface area (Å²) in [6, 6.07) is 0. The molecule has 0 aliphatic carbocycles. The molecule has 0 rings (SSSR count). The van der Waals surface area contributed by atoms with Crippen molar-refractivity contribution in [3.8, 4) is 0 Å². The summed E-state index contributed by atoms with van der Waals surface area (Å²) in [5.74, 6) is -0.0375. The fourth-order valence-electron chi connectivity index (χ4n) is 1.36. The summed E-state index contributed by atoms with van der Waals surface area (Å²) in [6.07, 6.45) is 5.95. The number of aliphatic hydroxyl groups excluding tert-OH is 3. The number of rotatable bonds is 12. The summed E-state index contributed by atoms with van der Waals surface area (Å²) in [5.41, 5.74) is 0. The van der Waals surface area contributed by atoms with E-state index in [1.54, 1.807) is 13.0 Å². The quantitative estimate of drug-likeness (QED) is 0.280. The highest BCUT2D eigenvalue weighted by Crippen LogP contribution is 1.99. The molecule has 0 aromatic heterocycles. The number of aliphatic hydroxyl groups is 3. The molecule has 2 unspecified atom stereocenters. The number of ether oxygens (including phenoxy) is 2. The molecule has 0 bridgehead atoms. The first kappa shape index (κ1) is 28.8. The van der Waals surface area contributed by atoms with Crippen molar-refractivity contribution >= 4 is 5.97 Å². The lowest BCUT2D eigenvalue weighted by atomic mass is 10.1. The topological polar surface area (TPSA) is 96.2 Å². The van der Waals surface area contributed by atoms with E-state index in [9.17, 15) is 4.79 Å². The molecule has 0 aliphatic rings. The van der Waals surface area contributed by atoms with E-state index in [4.69, 9.17) is 20.1 Å². The summed E-state index contributed by atoms with van der Waals surface area (Å²) < 4.78 is 9.74. The number of carbonyl (C=O) groups excluding carboxylic acids is 1. The molecule has 0 aliphatic heterocycles. The van der Waals surface area contributed by atoms with Crippen LogP contribution in [-0.2, 0) is 14.3 Å². The minimum atomic E-state index is -0.259. The minimum absolute atomic E-state index is 0.154. The first-order valence-electron chi connectivity index (χ1n) is 9.07. The number of hydrogen-bond acceptors (Lipinski definition) is 6. The van der Waals surface area contributed by atoms with Gasteiger partial charge in [-0.2, -0.15) is 0 Å². The molecule has 0 saturated carbocycles. The Bertz CT molecular complexity index is 269. The van der Waals surface area contributed by atoms with Crippen molar-refractivity contribution in [1.82, 2.24) is 0 Å². The summed E-state index contributed by atoms with van der Waals surface area (Å²) in [7, 11) is 0. The van der Waals surface area contributed by atoms with Crippen molar-refractivity contribution in [2.75, 3.05) is 33.0 Å². The second-order valence-electron chi connectivity index (χ2n) is 5.76. The van der Waals surface area contributed by atoms with Crippen molar-refractivity contribution in [2.24, 2.45) is 5.92 Å². The van der Waals surface area contributed by atoms with Crippen LogP contribution in [0.3, 0.4) is 0 Å². The maximum Gasteiger partial charge on any atom is 0.302 e. The van der Waals surface area contributed by atoms with Gasteiger partial charge in [0.05, 0.1) is 12.7 Å². The van der Waals surface area contributed by atoms with E-state index in [0.717, 1.165) is 45.3 Å². The van der Waals surface area contributed by atoms with Gasteiger partial charge < -0.3 is 24.8 Å². The van der Waals surface area contributed by atoms with Gasteiger partial charge in [-0.25, -0.2) is 0 Å². The number of esters is 1. The summed E-state index contributed by atoms with van der Waals surface area (Å²) in [5, 5.41) is 25.5. The Labute approximate surface area is 153 Å². The molecule has 0 spiro atoms. The Balaban J connectivity index is -0.000000300. The molecule has 0 fully saturated rings. The van der Waals surface area contributed by atoms with Crippen LogP contribution in [-0.4, -0.2) is 60.4 Å². The van der Waals surface area contributed by atoms with Crippen LogP contribution in [0, 0.1) is 5.92 Å².